The molecule has 0 saturated carbocycles. The molecule has 6 heteroatoms. The summed E-state index contributed by atoms with van der Waals surface area (Å²) in [5.74, 6) is -0.382. The van der Waals surface area contributed by atoms with Crippen LogP contribution in [-0.4, -0.2) is 61.4 Å². The van der Waals surface area contributed by atoms with Crippen LogP contribution in [0.5, 0.6) is 0 Å². The highest BCUT2D eigenvalue weighted by molar-refractivity contribution is 5.79. The molecule has 2 rings (SSSR count). The van der Waals surface area contributed by atoms with Crippen LogP contribution >= 0.6 is 0 Å². The molecule has 6 nitrogen and oxygen atoms in total. The molecule has 0 spiro atoms. The van der Waals surface area contributed by atoms with Gasteiger partial charge >= 0.3 is 5.97 Å². The zero-order valence-electron chi connectivity index (χ0n) is 12.3. The Labute approximate surface area is 119 Å². The number of amides is 1. The van der Waals surface area contributed by atoms with Crippen LogP contribution in [0.3, 0.4) is 0 Å². The maximum absolute atomic E-state index is 12.3. The van der Waals surface area contributed by atoms with Gasteiger partial charge in [-0.3, -0.25) is 4.79 Å². The van der Waals surface area contributed by atoms with E-state index in [0.717, 1.165) is 12.8 Å². The van der Waals surface area contributed by atoms with Crippen molar-refractivity contribution in [3.63, 3.8) is 0 Å². The molecule has 114 valence electrons. The van der Waals surface area contributed by atoms with Crippen LogP contribution in [0.25, 0.3) is 0 Å². The van der Waals surface area contributed by atoms with Crippen molar-refractivity contribution in [2.24, 2.45) is 0 Å². The minimum absolute atomic E-state index is 0.0248. The fraction of sp³-hybridized carbons (Fsp3) is 0.857. The Morgan fingerprint density at radius 1 is 1.35 bits per heavy atom. The molecule has 2 aliphatic rings. The largest absolute Gasteiger partial charge is 0.467 e. The third kappa shape index (κ3) is 2.96. The first-order valence-electron chi connectivity index (χ1n) is 7.20. The summed E-state index contributed by atoms with van der Waals surface area (Å²) in [5.41, 5.74) is 0. The van der Waals surface area contributed by atoms with Gasteiger partial charge in [-0.05, 0) is 26.7 Å². The summed E-state index contributed by atoms with van der Waals surface area (Å²) in [5, 5.41) is 0. The topological polar surface area (TPSA) is 65.1 Å². The second-order valence-corrected chi connectivity index (χ2v) is 5.35. The van der Waals surface area contributed by atoms with E-state index in [1.807, 2.05) is 18.7 Å². The van der Waals surface area contributed by atoms with Gasteiger partial charge in [0.25, 0.3) is 0 Å². The molecule has 2 saturated heterocycles. The van der Waals surface area contributed by atoms with Gasteiger partial charge in [-0.25, -0.2) is 4.79 Å². The van der Waals surface area contributed by atoms with Crippen LogP contribution in [0, 0.1) is 0 Å². The number of hydrogen-bond donors (Lipinski definition) is 0. The first-order chi connectivity index (χ1) is 9.58. The molecule has 0 aromatic carbocycles. The fourth-order valence-corrected chi connectivity index (χ4v) is 3.13. The normalized spacial score (nSPS) is 32.9. The Bertz CT molecular complexity index is 373. The van der Waals surface area contributed by atoms with E-state index in [0.29, 0.717) is 13.0 Å². The van der Waals surface area contributed by atoms with Gasteiger partial charge in [-0.15, -0.1) is 0 Å². The van der Waals surface area contributed by atoms with E-state index in [9.17, 15) is 9.59 Å². The molecule has 0 radical (unpaired) electrons. The Morgan fingerprint density at radius 3 is 2.75 bits per heavy atom. The van der Waals surface area contributed by atoms with Crippen LogP contribution in [0.2, 0.25) is 0 Å². The number of ether oxygens (including phenoxy) is 3. The van der Waals surface area contributed by atoms with Crippen LogP contribution in [-0.2, 0) is 23.8 Å². The smallest absolute Gasteiger partial charge is 0.335 e. The molecular weight excluding hydrogens is 262 g/mol. The minimum atomic E-state index is -0.553. The van der Waals surface area contributed by atoms with Gasteiger partial charge < -0.3 is 19.1 Å². The zero-order chi connectivity index (χ0) is 14.7. The number of piperidine rings is 1. The quantitative estimate of drug-likeness (QED) is 0.713. The number of rotatable bonds is 4. The van der Waals surface area contributed by atoms with Gasteiger partial charge in [0.2, 0.25) is 5.91 Å². The van der Waals surface area contributed by atoms with E-state index in [2.05, 4.69) is 0 Å². The second-order valence-electron chi connectivity index (χ2n) is 5.35. The van der Waals surface area contributed by atoms with E-state index >= 15 is 0 Å². The number of esters is 1. The van der Waals surface area contributed by atoms with Crippen LogP contribution < -0.4 is 0 Å². The lowest BCUT2D eigenvalue weighted by molar-refractivity contribution is -0.154. The Balaban J connectivity index is 2.06. The van der Waals surface area contributed by atoms with Gasteiger partial charge in [0.05, 0.1) is 19.3 Å². The molecule has 2 aliphatic heterocycles. The number of methoxy groups -OCH3 is 1. The SMILES string of the molecule is CCOCC(=O)N1C(C)CCC2OC(C(=O)OC)CC21. The Kier molecular flexibility index (Phi) is 4.99. The predicted octanol–water partition coefficient (Wildman–Crippen LogP) is 0.733. The van der Waals surface area contributed by atoms with E-state index in [1.165, 1.54) is 7.11 Å². The van der Waals surface area contributed by atoms with Gasteiger partial charge in [0.1, 0.15) is 6.61 Å². The van der Waals surface area contributed by atoms with Crippen molar-refractivity contribution in [3.8, 4) is 0 Å². The Hall–Kier alpha value is -1.14. The second kappa shape index (κ2) is 6.54. The lowest BCUT2D eigenvalue weighted by Crippen LogP contribution is -2.54. The molecule has 0 aliphatic carbocycles. The van der Waals surface area contributed by atoms with Crippen molar-refractivity contribution in [1.82, 2.24) is 4.90 Å². The Morgan fingerprint density at radius 2 is 2.10 bits per heavy atom. The van der Waals surface area contributed by atoms with Gasteiger partial charge in [-0.1, -0.05) is 0 Å². The number of nitrogens with zero attached hydrogens (tertiary/aromatic N) is 1. The number of carbonyl (C=O) groups excluding carboxylic acids is 2. The third-order valence-corrected chi connectivity index (χ3v) is 4.11. The summed E-state index contributed by atoms with van der Waals surface area (Å²) in [6, 6.07) is 0.111. The number of likely N-dealkylation sites (tertiary alicyclic amines) is 1. The van der Waals surface area contributed by atoms with Crippen molar-refractivity contribution in [3.05, 3.63) is 0 Å². The summed E-state index contributed by atoms with van der Waals surface area (Å²) in [7, 11) is 1.36. The molecule has 2 fully saturated rings. The standard InChI is InChI=1S/C14H23NO5/c1-4-19-8-13(16)15-9(2)5-6-11-10(15)7-12(20-11)14(17)18-3/h9-12H,4-8H2,1-3H3. The summed E-state index contributed by atoms with van der Waals surface area (Å²) in [6.07, 6.45) is 1.65. The van der Waals surface area contributed by atoms with E-state index in [4.69, 9.17) is 14.2 Å². The van der Waals surface area contributed by atoms with Gasteiger partial charge in [0.15, 0.2) is 6.10 Å². The summed E-state index contributed by atoms with van der Waals surface area (Å²) >= 11 is 0. The average molecular weight is 285 g/mol. The molecule has 0 N–H and O–H groups in total. The van der Waals surface area contributed by atoms with E-state index in [-0.39, 0.29) is 36.7 Å². The molecule has 0 bridgehead atoms. The highest BCUT2D eigenvalue weighted by Crippen LogP contribution is 2.35. The predicted molar refractivity (Wildman–Crippen MR) is 71.1 cm³/mol. The molecule has 0 aromatic rings. The molecule has 4 unspecified atom stereocenters. The lowest BCUT2D eigenvalue weighted by atomic mass is 9.92. The highest BCUT2D eigenvalue weighted by Gasteiger charge is 2.47. The molecule has 20 heavy (non-hydrogen) atoms. The molecule has 2 heterocycles. The number of carbonyl (C=O) groups is 2. The molecular formula is C14H23NO5. The first kappa shape index (κ1) is 15.3. The minimum Gasteiger partial charge on any atom is -0.467 e. The first-order valence-corrected chi connectivity index (χ1v) is 7.20. The van der Waals surface area contributed by atoms with Crippen LogP contribution in [0.4, 0.5) is 0 Å². The van der Waals surface area contributed by atoms with Crippen molar-refractivity contribution >= 4 is 11.9 Å². The van der Waals surface area contributed by atoms with Crippen molar-refractivity contribution < 1.29 is 23.8 Å². The number of hydrogen-bond acceptors (Lipinski definition) is 5. The highest BCUT2D eigenvalue weighted by atomic mass is 16.6. The van der Waals surface area contributed by atoms with E-state index < -0.39 is 6.10 Å². The molecule has 4 atom stereocenters. The van der Waals surface area contributed by atoms with Crippen LogP contribution in [0.1, 0.15) is 33.1 Å². The van der Waals surface area contributed by atoms with Crippen molar-refractivity contribution in [2.75, 3.05) is 20.3 Å². The van der Waals surface area contributed by atoms with Crippen molar-refractivity contribution in [1.29, 1.82) is 0 Å². The van der Waals surface area contributed by atoms with Gasteiger partial charge in [0, 0.05) is 19.1 Å². The lowest BCUT2D eigenvalue weighted by Gasteiger charge is -2.41. The number of fused-ring (bicyclic) bond motifs is 1. The maximum atomic E-state index is 12.3. The van der Waals surface area contributed by atoms with Crippen LogP contribution in [0.15, 0.2) is 0 Å². The molecule has 1 amide bonds. The maximum Gasteiger partial charge on any atom is 0.335 e. The fourth-order valence-electron chi connectivity index (χ4n) is 3.13. The van der Waals surface area contributed by atoms with Gasteiger partial charge in [-0.2, -0.15) is 0 Å². The third-order valence-electron chi connectivity index (χ3n) is 4.11. The van der Waals surface area contributed by atoms with E-state index in [1.54, 1.807) is 0 Å². The zero-order valence-corrected chi connectivity index (χ0v) is 12.3. The monoisotopic (exact) mass is 285 g/mol. The van der Waals surface area contributed by atoms with Crippen molar-refractivity contribution in [2.45, 2.75) is 57.4 Å². The average Bonchev–Trinajstić information content (AvgIpc) is 2.87. The summed E-state index contributed by atoms with van der Waals surface area (Å²) in [4.78, 5) is 25.7. The summed E-state index contributed by atoms with van der Waals surface area (Å²) < 4.78 is 15.7. The summed E-state index contributed by atoms with van der Waals surface area (Å²) in [6.45, 7) is 4.50. The molecule has 0 aromatic heterocycles.